The third kappa shape index (κ3) is 1.89. The maximum atomic E-state index is 5.94. The summed E-state index contributed by atoms with van der Waals surface area (Å²) in [5.41, 5.74) is 6.98. The Morgan fingerprint density at radius 1 is 1.40 bits per heavy atom. The molecule has 2 rings (SSSR count). The highest BCUT2D eigenvalue weighted by atomic mass is 15.3. The summed E-state index contributed by atoms with van der Waals surface area (Å²) in [4.78, 5) is 3.93. The van der Waals surface area contributed by atoms with Crippen LogP contribution in [0.2, 0.25) is 0 Å². The lowest BCUT2D eigenvalue weighted by atomic mass is 10.1. The first-order chi connectivity index (χ1) is 7.18. The van der Waals surface area contributed by atoms with Crippen LogP contribution in [0.4, 0.5) is 0 Å². The van der Waals surface area contributed by atoms with Crippen molar-refractivity contribution < 1.29 is 0 Å². The van der Waals surface area contributed by atoms with E-state index in [0.717, 1.165) is 5.56 Å². The first-order valence-corrected chi connectivity index (χ1v) is 4.76. The maximum Gasteiger partial charge on any atom is 0.137 e. The number of rotatable bonds is 3. The Balaban J connectivity index is 2.36. The molecule has 0 amide bonds. The number of aromatic nitrogens is 5. The molecule has 0 aliphatic heterocycles. The van der Waals surface area contributed by atoms with Crippen LogP contribution in [0, 0.1) is 0 Å². The van der Waals surface area contributed by atoms with Gasteiger partial charge in [-0.05, 0) is 6.92 Å². The summed E-state index contributed by atoms with van der Waals surface area (Å²) in [5.74, 6) is 0. The van der Waals surface area contributed by atoms with Gasteiger partial charge in [-0.1, -0.05) is 0 Å². The van der Waals surface area contributed by atoms with Crippen LogP contribution in [-0.2, 0) is 7.05 Å². The second kappa shape index (κ2) is 3.82. The van der Waals surface area contributed by atoms with E-state index < -0.39 is 0 Å². The Morgan fingerprint density at radius 3 is 2.67 bits per heavy atom. The van der Waals surface area contributed by atoms with Crippen molar-refractivity contribution in [1.29, 1.82) is 0 Å². The fourth-order valence-corrected chi connectivity index (χ4v) is 1.65. The average Bonchev–Trinajstić information content (AvgIpc) is 2.77. The van der Waals surface area contributed by atoms with Crippen molar-refractivity contribution >= 4 is 0 Å². The highest BCUT2D eigenvalue weighted by Gasteiger charge is 2.20. The lowest BCUT2D eigenvalue weighted by Crippen LogP contribution is -2.30. The summed E-state index contributed by atoms with van der Waals surface area (Å²) >= 11 is 0. The SMILES string of the molecule is CC(N)C(c1cnn(C)c1)n1cncn1. The first-order valence-electron chi connectivity index (χ1n) is 4.76. The average molecular weight is 206 g/mol. The van der Waals surface area contributed by atoms with E-state index >= 15 is 0 Å². The van der Waals surface area contributed by atoms with Gasteiger partial charge in [0.05, 0.1) is 12.2 Å². The molecule has 80 valence electrons. The van der Waals surface area contributed by atoms with Crippen LogP contribution in [0.3, 0.4) is 0 Å². The van der Waals surface area contributed by atoms with Gasteiger partial charge in [0, 0.05) is 24.8 Å². The van der Waals surface area contributed by atoms with Gasteiger partial charge in [-0.25, -0.2) is 9.67 Å². The molecule has 2 aromatic rings. The lowest BCUT2D eigenvalue weighted by molar-refractivity contribution is 0.452. The van der Waals surface area contributed by atoms with Crippen molar-refractivity contribution in [3.05, 3.63) is 30.6 Å². The molecule has 2 N–H and O–H groups in total. The molecule has 0 saturated heterocycles. The number of hydrogen-bond donors (Lipinski definition) is 1. The number of nitrogens with zero attached hydrogens (tertiary/aromatic N) is 5. The predicted octanol–water partition coefficient (Wildman–Crippen LogP) is -0.0518. The molecular weight excluding hydrogens is 192 g/mol. The van der Waals surface area contributed by atoms with Crippen molar-refractivity contribution in [2.24, 2.45) is 12.8 Å². The molecule has 0 aromatic carbocycles. The second-order valence-corrected chi connectivity index (χ2v) is 3.63. The van der Waals surface area contributed by atoms with Crippen LogP contribution in [0.25, 0.3) is 0 Å². The number of nitrogens with two attached hydrogens (primary N) is 1. The lowest BCUT2D eigenvalue weighted by Gasteiger charge is -2.19. The van der Waals surface area contributed by atoms with Gasteiger partial charge in [-0.15, -0.1) is 0 Å². The fraction of sp³-hybridized carbons (Fsp3) is 0.444. The topological polar surface area (TPSA) is 74.5 Å². The normalized spacial score (nSPS) is 15.1. The van der Waals surface area contributed by atoms with Gasteiger partial charge in [0.15, 0.2) is 0 Å². The molecule has 0 saturated carbocycles. The third-order valence-electron chi connectivity index (χ3n) is 2.29. The minimum Gasteiger partial charge on any atom is -0.326 e. The van der Waals surface area contributed by atoms with Crippen LogP contribution in [-0.4, -0.2) is 30.6 Å². The number of hydrogen-bond acceptors (Lipinski definition) is 4. The zero-order chi connectivity index (χ0) is 10.8. The Bertz CT molecular complexity index is 416. The first kappa shape index (κ1) is 9.85. The van der Waals surface area contributed by atoms with Crippen LogP contribution < -0.4 is 5.73 Å². The van der Waals surface area contributed by atoms with Crippen molar-refractivity contribution in [1.82, 2.24) is 24.5 Å². The van der Waals surface area contributed by atoms with E-state index in [-0.39, 0.29) is 12.1 Å². The van der Waals surface area contributed by atoms with Gasteiger partial charge in [0.1, 0.15) is 12.7 Å². The summed E-state index contributed by atoms with van der Waals surface area (Å²) in [6.45, 7) is 1.94. The molecule has 6 nitrogen and oxygen atoms in total. The van der Waals surface area contributed by atoms with E-state index in [4.69, 9.17) is 5.73 Å². The maximum absolute atomic E-state index is 5.94. The van der Waals surface area contributed by atoms with E-state index in [1.54, 1.807) is 21.9 Å². The Hall–Kier alpha value is -1.69. The Kier molecular flexibility index (Phi) is 2.51. The second-order valence-electron chi connectivity index (χ2n) is 3.63. The van der Waals surface area contributed by atoms with Gasteiger partial charge in [-0.3, -0.25) is 4.68 Å². The molecule has 15 heavy (non-hydrogen) atoms. The van der Waals surface area contributed by atoms with E-state index in [1.165, 1.54) is 6.33 Å². The fourth-order valence-electron chi connectivity index (χ4n) is 1.65. The smallest absolute Gasteiger partial charge is 0.137 e. The van der Waals surface area contributed by atoms with Crippen molar-refractivity contribution in [2.75, 3.05) is 0 Å². The Labute approximate surface area is 87.7 Å². The molecule has 6 heteroatoms. The summed E-state index contributed by atoms with van der Waals surface area (Å²) in [7, 11) is 1.88. The van der Waals surface area contributed by atoms with Gasteiger partial charge < -0.3 is 5.73 Å². The van der Waals surface area contributed by atoms with Gasteiger partial charge in [0.25, 0.3) is 0 Å². The largest absolute Gasteiger partial charge is 0.326 e. The zero-order valence-electron chi connectivity index (χ0n) is 8.78. The van der Waals surface area contributed by atoms with E-state index in [2.05, 4.69) is 15.2 Å². The summed E-state index contributed by atoms with van der Waals surface area (Å²) in [5, 5.41) is 8.24. The van der Waals surface area contributed by atoms with Crippen LogP contribution >= 0.6 is 0 Å². The molecule has 0 bridgehead atoms. The van der Waals surface area contributed by atoms with Crippen molar-refractivity contribution in [2.45, 2.75) is 19.0 Å². The molecule has 2 atom stereocenters. The van der Waals surface area contributed by atoms with Gasteiger partial charge >= 0.3 is 0 Å². The number of aryl methyl sites for hydroxylation is 1. The van der Waals surface area contributed by atoms with Gasteiger partial charge in [0.2, 0.25) is 0 Å². The molecule has 0 spiro atoms. The predicted molar refractivity (Wildman–Crippen MR) is 55.0 cm³/mol. The summed E-state index contributed by atoms with van der Waals surface area (Å²) in [6, 6.07) is -0.0582. The van der Waals surface area contributed by atoms with Crippen molar-refractivity contribution in [3.63, 3.8) is 0 Å². The zero-order valence-corrected chi connectivity index (χ0v) is 8.78. The van der Waals surface area contributed by atoms with Crippen molar-refractivity contribution in [3.8, 4) is 0 Å². The minimum absolute atomic E-state index is 0.0128. The van der Waals surface area contributed by atoms with Crippen LogP contribution in [0.1, 0.15) is 18.5 Å². The molecule has 0 radical (unpaired) electrons. The van der Waals surface area contributed by atoms with E-state index in [1.807, 2.05) is 20.2 Å². The molecule has 2 unspecified atom stereocenters. The standard InChI is InChI=1S/C9H14N6/c1-7(10)9(15-6-11-5-13-15)8-3-12-14(2)4-8/h3-7,9H,10H2,1-2H3. The summed E-state index contributed by atoms with van der Waals surface area (Å²) in [6.07, 6.45) is 6.91. The quantitative estimate of drug-likeness (QED) is 0.764. The minimum atomic E-state index is -0.0455. The third-order valence-corrected chi connectivity index (χ3v) is 2.29. The van der Waals surface area contributed by atoms with E-state index in [0.29, 0.717) is 0 Å². The highest BCUT2D eigenvalue weighted by molar-refractivity contribution is 5.13. The van der Waals surface area contributed by atoms with Gasteiger partial charge in [-0.2, -0.15) is 10.2 Å². The highest BCUT2D eigenvalue weighted by Crippen LogP contribution is 2.18. The molecular formula is C9H14N6. The monoisotopic (exact) mass is 206 g/mol. The summed E-state index contributed by atoms with van der Waals surface area (Å²) < 4.78 is 3.50. The Morgan fingerprint density at radius 2 is 2.20 bits per heavy atom. The molecule has 2 aromatic heterocycles. The molecule has 0 fully saturated rings. The van der Waals surface area contributed by atoms with Crippen LogP contribution in [0.5, 0.6) is 0 Å². The molecule has 0 aliphatic carbocycles. The molecule has 2 heterocycles. The van der Waals surface area contributed by atoms with E-state index in [9.17, 15) is 0 Å². The van der Waals surface area contributed by atoms with Crippen LogP contribution in [0.15, 0.2) is 25.0 Å². The molecule has 0 aliphatic rings.